The monoisotopic (exact) mass is 406 g/mol. The first-order valence-corrected chi connectivity index (χ1v) is 10.1. The smallest absolute Gasteiger partial charge is 0.228 e. The number of hydrogen-bond acceptors (Lipinski definition) is 4. The van der Waals surface area contributed by atoms with Gasteiger partial charge in [-0.2, -0.15) is 5.26 Å². The zero-order valence-corrected chi connectivity index (χ0v) is 16.6. The molecule has 2 aliphatic rings. The van der Waals surface area contributed by atoms with E-state index in [1.54, 1.807) is 18.2 Å². The van der Waals surface area contributed by atoms with Gasteiger partial charge in [0.2, 0.25) is 11.8 Å². The summed E-state index contributed by atoms with van der Waals surface area (Å²) in [5.41, 5.74) is 2.02. The van der Waals surface area contributed by atoms with Gasteiger partial charge >= 0.3 is 0 Å². The SMILES string of the molecule is N#Cc1ccc(CN2CCN(C(=O)C3CC(=O)N(c4ccccc4F)C3)CC2)cc1. The molecule has 154 valence electrons. The van der Waals surface area contributed by atoms with Gasteiger partial charge in [-0.15, -0.1) is 0 Å². The molecule has 0 saturated carbocycles. The highest BCUT2D eigenvalue weighted by atomic mass is 19.1. The minimum Gasteiger partial charge on any atom is -0.340 e. The summed E-state index contributed by atoms with van der Waals surface area (Å²) in [7, 11) is 0. The molecule has 7 heteroatoms. The van der Waals surface area contributed by atoms with Gasteiger partial charge in [0.1, 0.15) is 5.82 Å². The summed E-state index contributed by atoms with van der Waals surface area (Å²) in [4.78, 5) is 30.8. The van der Waals surface area contributed by atoms with Crippen molar-refractivity contribution < 1.29 is 14.0 Å². The van der Waals surface area contributed by atoms with E-state index in [1.165, 1.54) is 11.0 Å². The Balaban J connectivity index is 1.31. The van der Waals surface area contributed by atoms with E-state index in [0.29, 0.717) is 18.7 Å². The van der Waals surface area contributed by atoms with Gasteiger partial charge in [0.25, 0.3) is 0 Å². The van der Waals surface area contributed by atoms with Gasteiger partial charge in [0.15, 0.2) is 0 Å². The van der Waals surface area contributed by atoms with E-state index in [1.807, 2.05) is 29.2 Å². The molecular weight excluding hydrogens is 383 g/mol. The summed E-state index contributed by atoms with van der Waals surface area (Å²) < 4.78 is 14.1. The van der Waals surface area contributed by atoms with Crippen molar-refractivity contribution in [1.82, 2.24) is 9.80 Å². The van der Waals surface area contributed by atoms with E-state index in [-0.39, 0.29) is 30.5 Å². The molecule has 1 unspecified atom stereocenters. The van der Waals surface area contributed by atoms with Crippen LogP contribution in [0.1, 0.15) is 17.5 Å². The highest BCUT2D eigenvalue weighted by Crippen LogP contribution is 2.28. The number of nitrogens with zero attached hydrogens (tertiary/aromatic N) is 4. The average Bonchev–Trinajstić information content (AvgIpc) is 3.16. The molecule has 2 heterocycles. The van der Waals surface area contributed by atoms with Crippen LogP contribution in [0.5, 0.6) is 0 Å². The van der Waals surface area contributed by atoms with Gasteiger partial charge in [-0.25, -0.2) is 4.39 Å². The Morgan fingerprint density at radius 1 is 1.07 bits per heavy atom. The van der Waals surface area contributed by atoms with Crippen molar-refractivity contribution in [1.29, 1.82) is 5.26 Å². The lowest BCUT2D eigenvalue weighted by atomic mass is 10.1. The molecule has 6 nitrogen and oxygen atoms in total. The maximum Gasteiger partial charge on any atom is 0.228 e. The Bertz CT molecular complexity index is 977. The quantitative estimate of drug-likeness (QED) is 0.782. The second-order valence-electron chi connectivity index (χ2n) is 7.77. The first-order chi connectivity index (χ1) is 14.5. The number of anilines is 1. The average molecular weight is 406 g/mol. The van der Waals surface area contributed by atoms with Crippen molar-refractivity contribution in [3.8, 4) is 6.07 Å². The van der Waals surface area contributed by atoms with Crippen LogP contribution in [-0.4, -0.2) is 54.3 Å². The third kappa shape index (κ3) is 4.19. The maximum absolute atomic E-state index is 14.1. The maximum atomic E-state index is 14.1. The number of nitriles is 1. The number of carbonyl (C=O) groups is 2. The number of piperazine rings is 1. The van der Waals surface area contributed by atoms with Crippen LogP contribution >= 0.6 is 0 Å². The number of carbonyl (C=O) groups excluding carboxylic acids is 2. The third-order valence-corrected chi connectivity index (χ3v) is 5.79. The normalized spacial score (nSPS) is 19.7. The number of para-hydroxylation sites is 1. The second-order valence-corrected chi connectivity index (χ2v) is 7.77. The van der Waals surface area contributed by atoms with E-state index < -0.39 is 11.7 Å². The minimum absolute atomic E-state index is 0.0276. The molecule has 0 bridgehead atoms. The van der Waals surface area contributed by atoms with E-state index in [0.717, 1.165) is 25.2 Å². The van der Waals surface area contributed by atoms with E-state index in [4.69, 9.17) is 5.26 Å². The topological polar surface area (TPSA) is 67.6 Å². The van der Waals surface area contributed by atoms with E-state index in [9.17, 15) is 14.0 Å². The van der Waals surface area contributed by atoms with Crippen LogP contribution in [0.2, 0.25) is 0 Å². The molecule has 0 spiro atoms. The predicted octanol–water partition coefficient (Wildman–Crippen LogP) is 2.39. The lowest BCUT2D eigenvalue weighted by Crippen LogP contribution is -2.50. The molecule has 1 atom stereocenters. The summed E-state index contributed by atoms with van der Waals surface area (Å²) >= 11 is 0. The summed E-state index contributed by atoms with van der Waals surface area (Å²) in [5, 5.41) is 8.89. The third-order valence-electron chi connectivity index (χ3n) is 5.79. The van der Waals surface area contributed by atoms with Crippen LogP contribution < -0.4 is 4.90 Å². The summed E-state index contributed by atoms with van der Waals surface area (Å²) in [6.07, 6.45) is 0.124. The molecule has 4 rings (SSSR count). The molecular formula is C23H23FN4O2. The highest BCUT2D eigenvalue weighted by molar-refractivity contribution is 6.00. The fourth-order valence-corrected chi connectivity index (χ4v) is 4.10. The molecule has 0 N–H and O–H groups in total. The predicted molar refractivity (Wildman–Crippen MR) is 110 cm³/mol. The molecule has 2 aliphatic heterocycles. The molecule has 2 saturated heterocycles. The van der Waals surface area contributed by atoms with Crippen LogP contribution in [0.25, 0.3) is 0 Å². The van der Waals surface area contributed by atoms with Crippen molar-refractivity contribution in [3.63, 3.8) is 0 Å². The largest absolute Gasteiger partial charge is 0.340 e. The van der Waals surface area contributed by atoms with Crippen molar-refractivity contribution in [2.45, 2.75) is 13.0 Å². The Morgan fingerprint density at radius 3 is 2.43 bits per heavy atom. The summed E-state index contributed by atoms with van der Waals surface area (Å²) in [6.45, 7) is 3.73. The second kappa shape index (κ2) is 8.64. The number of benzene rings is 2. The Hall–Kier alpha value is -3.24. The van der Waals surface area contributed by atoms with Gasteiger partial charge in [-0.1, -0.05) is 24.3 Å². The van der Waals surface area contributed by atoms with Crippen molar-refractivity contribution >= 4 is 17.5 Å². The molecule has 2 aromatic carbocycles. The van der Waals surface area contributed by atoms with Crippen LogP contribution in [0, 0.1) is 23.1 Å². The molecule has 0 aromatic heterocycles. The minimum atomic E-state index is -0.449. The molecule has 2 aromatic rings. The lowest BCUT2D eigenvalue weighted by molar-refractivity contribution is -0.137. The zero-order valence-electron chi connectivity index (χ0n) is 16.6. The standard InChI is InChI=1S/C23H23FN4O2/c24-20-3-1-2-4-21(20)28-16-19(13-22(28)29)23(30)27-11-9-26(10-12-27)15-18-7-5-17(14-25)6-8-18/h1-8,19H,9-13,15-16H2. The van der Waals surface area contributed by atoms with Gasteiger partial charge in [-0.3, -0.25) is 14.5 Å². The Kier molecular flexibility index (Phi) is 5.77. The van der Waals surface area contributed by atoms with Gasteiger partial charge in [-0.05, 0) is 29.8 Å². The first-order valence-electron chi connectivity index (χ1n) is 10.1. The Morgan fingerprint density at radius 2 is 1.77 bits per heavy atom. The molecule has 0 aliphatic carbocycles. The van der Waals surface area contributed by atoms with Crippen LogP contribution in [0.15, 0.2) is 48.5 Å². The number of rotatable bonds is 4. The molecule has 2 amide bonds. The first kappa shape index (κ1) is 20.0. The van der Waals surface area contributed by atoms with Crippen molar-refractivity contribution in [3.05, 3.63) is 65.5 Å². The van der Waals surface area contributed by atoms with Crippen LogP contribution in [0.3, 0.4) is 0 Å². The molecule has 30 heavy (non-hydrogen) atoms. The Labute approximate surface area is 175 Å². The lowest BCUT2D eigenvalue weighted by Gasteiger charge is -2.36. The van der Waals surface area contributed by atoms with Crippen LogP contribution in [-0.2, 0) is 16.1 Å². The molecule has 0 radical (unpaired) electrons. The van der Waals surface area contributed by atoms with Crippen molar-refractivity contribution in [2.24, 2.45) is 5.92 Å². The van der Waals surface area contributed by atoms with E-state index >= 15 is 0 Å². The van der Waals surface area contributed by atoms with Gasteiger partial charge in [0, 0.05) is 45.7 Å². The fraction of sp³-hybridized carbons (Fsp3) is 0.348. The van der Waals surface area contributed by atoms with Crippen LogP contribution in [0.4, 0.5) is 10.1 Å². The zero-order chi connectivity index (χ0) is 21.1. The van der Waals surface area contributed by atoms with Gasteiger partial charge < -0.3 is 9.80 Å². The summed E-state index contributed by atoms with van der Waals surface area (Å²) in [6, 6.07) is 15.8. The van der Waals surface area contributed by atoms with E-state index in [2.05, 4.69) is 11.0 Å². The number of halogens is 1. The highest BCUT2D eigenvalue weighted by Gasteiger charge is 2.38. The van der Waals surface area contributed by atoms with Crippen molar-refractivity contribution in [2.75, 3.05) is 37.6 Å². The number of hydrogen-bond donors (Lipinski definition) is 0. The summed E-state index contributed by atoms with van der Waals surface area (Å²) in [5.74, 6) is -1.12. The molecule has 2 fully saturated rings. The van der Waals surface area contributed by atoms with Gasteiger partial charge in [0.05, 0.1) is 23.2 Å². The number of amides is 2. The fourth-order valence-electron chi connectivity index (χ4n) is 4.10.